The molecule has 7 nitrogen and oxygen atoms in total. The average molecular weight is 575 g/mol. The van der Waals surface area contributed by atoms with E-state index in [-0.39, 0.29) is 30.4 Å². The van der Waals surface area contributed by atoms with Gasteiger partial charge >= 0.3 is 6.09 Å². The lowest BCUT2D eigenvalue weighted by atomic mass is 9.98. The molecule has 0 radical (unpaired) electrons. The molecule has 0 fully saturated rings. The molecule has 0 atom stereocenters. The van der Waals surface area contributed by atoms with E-state index in [4.69, 9.17) is 9.47 Å². The van der Waals surface area contributed by atoms with Gasteiger partial charge in [-0.25, -0.2) is 9.18 Å². The predicted molar refractivity (Wildman–Crippen MR) is 162 cm³/mol. The van der Waals surface area contributed by atoms with Crippen molar-refractivity contribution < 1.29 is 28.6 Å². The van der Waals surface area contributed by atoms with Gasteiger partial charge < -0.3 is 19.9 Å². The summed E-state index contributed by atoms with van der Waals surface area (Å²) in [5.41, 5.74) is 5.98. The van der Waals surface area contributed by atoms with Crippen molar-refractivity contribution in [1.29, 1.82) is 0 Å². The van der Waals surface area contributed by atoms with Crippen molar-refractivity contribution in [1.82, 2.24) is 0 Å². The molecule has 0 aromatic heterocycles. The maximum Gasteiger partial charge on any atom is 0.411 e. The number of hydrogen-bond acceptors (Lipinski definition) is 5. The average Bonchev–Trinajstić information content (AvgIpc) is 3.34. The zero-order valence-corrected chi connectivity index (χ0v) is 22.9. The third kappa shape index (κ3) is 6.04. The van der Waals surface area contributed by atoms with E-state index in [2.05, 4.69) is 34.9 Å². The van der Waals surface area contributed by atoms with Crippen LogP contribution in [0, 0.1) is 5.82 Å². The number of hydrogen-bond donors (Lipinski definition) is 3. The summed E-state index contributed by atoms with van der Waals surface area (Å²) < 4.78 is 25.1. The maximum absolute atomic E-state index is 13.4. The molecule has 0 aliphatic heterocycles. The SMILES string of the molecule is O=C(Nc1ccc(NC(=O)c2ccc(F)cc2O)c(OCc2ccccc2)c1)OCC1c2ccccc2-c2ccccc21. The molecule has 0 heterocycles. The molecule has 0 bridgehead atoms. The number of halogens is 1. The van der Waals surface area contributed by atoms with Gasteiger partial charge in [0.2, 0.25) is 0 Å². The van der Waals surface area contributed by atoms with Crippen LogP contribution in [0.2, 0.25) is 0 Å². The van der Waals surface area contributed by atoms with Crippen molar-refractivity contribution in [2.24, 2.45) is 0 Å². The second-order valence-corrected chi connectivity index (χ2v) is 10.1. The van der Waals surface area contributed by atoms with E-state index in [0.717, 1.165) is 39.9 Å². The molecular weight excluding hydrogens is 547 g/mol. The number of nitrogens with one attached hydrogen (secondary N) is 2. The van der Waals surface area contributed by atoms with E-state index in [0.29, 0.717) is 11.4 Å². The highest BCUT2D eigenvalue weighted by Crippen LogP contribution is 2.44. The largest absolute Gasteiger partial charge is 0.507 e. The molecule has 5 aromatic carbocycles. The topological polar surface area (TPSA) is 96.9 Å². The first-order valence-corrected chi connectivity index (χ1v) is 13.7. The Balaban J connectivity index is 1.18. The van der Waals surface area contributed by atoms with Gasteiger partial charge in [-0.05, 0) is 52.1 Å². The molecule has 3 N–H and O–H groups in total. The number of carbonyl (C=O) groups is 2. The van der Waals surface area contributed by atoms with Crippen molar-refractivity contribution in [2.45, 2.75) is 12.5 Å². The summed E-state index contributed by atoms with van der Waals surface area (Å²) in [7, 11) is 0. The Labute approximate surface area is 247 Å². The van der Waals surface area contributed by atoms with Crippen LogP contribution in [0.1, 0.15) is 33.0 Å². The first-order chi connectivity index (χ1) is 21.0. The summed E-state index contributed by atoms with van der Waals surface area (Å²) in [5.74, 6) is -1.61. The van der Waals surface area contributed by atoms with Gasteiger partial charge in [0.25, 0.3) is 5.91 Å². The molecule has 214 valence electrons. The van der Waals surface area contributed by atoms with Crippen LogP contribution >= 0.6 is 0 Å². The number of benzene rings is 5. The smallest absolute Gasteiger partial charge is 0.411 e. The standard InChI is InChI=1S/C35H27FN2O5/c36-23-14-16-29(32(39)18-23)34(40)38-31-17-15-24(19-33(31)42-20-22-8-2-1-3-9-22)37-35(41)43-21-30-27-12-6-4-10-25(27)26-11-5-7-13-28(26)30/h1-19,30,39H,20-21H2,(H,37,41)(H,38,40). The fourth-order valence-corrected chi connectivity index (χ4v) is 5.20. The molecule has 0 saturated carbocycles. The minimum atomic E-state index is -0.662. The van der Waals surface area contributed by atoms with Gasteiger partial charge in [-0.15, -0.1) is 0 Å². The highest BCUT2D eigenvalue weighted by atomic mass is 19.1. The van der Waals surface area contributed by atoms with Crippen LogP contribution in [0.3, 0.4) is 0 Å². The molecule has 8 heteroatoms. The third-order valence-corrected chi connectivity index (χ3v) is 7.26. The number of fused-ring (bicyclic) bond motifs is 3. The molecule has 43 heavy (non-hydrogen) atoms. The maximum atomic E-state index is 13.4. The Hall–Kier alpha value is -5.63. The monoisotopic (exact) mass is 574 g/mol. The van der Waals surface area contributed by atoms with E-state index < -0.39 is 23.6 Å². The Morgan fingerprint density at radius 2 is 1.44 bits per heavy atom. The molecule has 0 unspecified atom stereocenters. The minimum absolute atomic E-state index is 0.0802. The lowest BCUT2D eigenvalue weighted by molar-refractivity contribution is 0.102. The van der Waals surface area contributed by atoms with Gasteiger partial charge in [-0.3, -0.25) is 10.1 Å². The van der Waals surface area contributed by atoms with Crippen LogP contribution in [0.15, 0.2) is 115 Å². The lowest BCUT2D eigenvalue weighted by Gasteiger charge is -2.16. The number of phenols is 1. The number of amides is 2. The Morgan fingerprint density at radius 3 is 2.14 bits per heavy atom. The van der Waals surface area contributed by atoms with Crippen LogP contribution in [0.4, 0.5) is 20.6 Å². The van der Waals surface area contributed by atoms with Crippen LogP contribution < -0.4 is 15.4 Å². The van der Waals surface area contributed by atoms with Crippen molar-refractivity contribution in [3.8, 4) is 22.6 Å². The minimum Gasteiger partial charge on any atom is -0.507 e. The van der Waals surface area contributed by atoms with E-state index in [1.807, 2.05) is 54.6 Å². The van der Waals surface area contributed by atoms with Crippen molar-refractivity contribution in [3.05, 3.63) is 143 Å². The second-order valence-electron chi connectivity index (χ2n) is 10.1. The molecular formula is C35H27FN2O5. The van der Waals surface area contributed by atoms with Crippen LogP contribution in [-0.2, 0) is 11.3 Å². The summed E-state index contributed by atoms with van der Waals surface area (Å²) in [6.45, 7) is 0.354. The highest BCUT2D eigenvalue weighted by Gasteiger charge is 2.29. The fourth-order valence-electron chi connectivity index (χ4n) is 5.20. The Kier molecular flexibility index (Phi) is 7.74. The third-order valence-electron chi connectivity index (χ3n) is 7.26. The fraction of sp³-hybridized carbons (Fsp3) is 0.0857. The number of phenolic OH excluding ortho intramolecular Hbond substituents is 1. The van der Waals surface area contributed by atoms with Crippen molar-refractivity contribution in [2.75, 3.05) is 17.2 Å². The van der Waals surface area contributed by atoms with Crippen LogP contribution in [0.25, 0.3) is 11.1 Å². The van der Waals surface area contributed by atoms with Crippen LogP contribution in [-0.4, -0.2) is 23.7 Å². The first kappa shape index (κ1) is 27.5. The van der Waals surface area contributed by atoms with Gasteiger partial charge in [-0.1, -0.05) is 78.9 Å². The molecule has 2 amide bonds. The molecule has 1 aliphatic carbocycles. The molecule has 6 rings (SSSR count). The van der Waals surface area contributed by atoms with Gasteiger partial charge in [-0.2, -0.15) is 0 Å². The number of carbonyl (C=O) groups excluding carboxylic acids is 2. The van der Waals surface area contributed by atoms with Gasteiger partial charge in [0.15, 0.2) is 0 Å². The van der Waals surface area contributed by atoms with E-state index in [1.54, 1.807) is 18.2 Å². The predicted octanol–water partition coefficient (Wildman–Crippen LogP) is 7.72. The Bertz CT molecular complexity index is 1760. The summed E-state index contributed by atoms with van der Waals surface area (Å²) >= 11 is 0. The molecule has 0 spiro atoms. The summed E-state index contributed by atoms with van der Waals surface area (Å²) in [4.78, 5) is 25.8. The van der Waals surface area contributed by atoms with E-state index >= 15 is 0 Å². The lowest BCUT2D eigenvalue weighted by Crippen LogP contribution is -2.18. The van der Waals surface area contributed by atoms with E-state index in [9.17, 15) is 19.1 Å². The number of rotatable bonds is 8. The van der Waals surface area contributed by atoms with Crippen LogP contribution in [0.5, 0.6) is 11.5 Å². The molecule has 0 saturated heterocycles. The zero-order chi connectivity index (χ0) is 29.8. The van der Waals surface area contributed by atoms with Crippen molar-refractivity contribution >= 4 is 23.4 Å². The van der Waals surface area contributed by atoms with Gasteiger partial charge in [0.1, 0.15) is 30.5 Å². The Morgan fingerprint density at radius 1 is 0.767 bits per heavy atom. The summed E-state index contributed by atoms with van der Waals surface area (Å²) in [5, 5.41) is 15.5. The summed E-state index contributed by atoms with van der Waals surface area (Å²) in [6.07, 6.45) is -0.635. The quantitative estimate of drug-likeness (QED) is 0.176. The van der Waals surface area contributed by atoms with Gasteiger partial charge in [0, 0.05) is 23.7 Å². The number of aromatic hydroxyl groups is 1. The summed E-state index contributed by atoms with van der Waals surface area (Å²) in [6, 6.07) is 33.5. The van der Waals surface area contributed by atoms with Gasteiger partial charge in [0.05, 0.1) is 11.3 Å². The van der Waals surface area contributed by atoms with Crippen molar-refractivity contribution in [3.63, 3.8) is 0 Å². The number of anilines is 2. The molecule has 5 aromatic rings. The zero-order valence-electron chi connectivity index (χ0n) is 22.9. The normalized spacial score (nSPS) is 11.7. The number of ether oxygens (including phenoxy) is 2. The highest BCUT2D eigenvalue weighted by molar-refractivity contribution is 6.07. The first-order valence-electron chi connectivity index (χ1n) is 13.7. The molecule has 1 aliphatic rings. The van der Waals surface area contributed by atoms with E-state index in [1.165, 1.54) is 6.07 Å². The second kappa shape index (κ2) is 12.1.